The van der Waals surface area contributed by atoms with Gasteiger partial charge in [0, 0.05) is 42.7 Å². The highest BCUT2D eigenvalue weighted by Gasteiger charge is 2.39. The molecule has 2 aromatic heterocycles. The zero-order valence-electron chi connectivity index (χ0n) is 23.7. The molecule has 3 heterocycles. The first kappa shape index (κ1) is 29.8. The number of benzene rings is 2. The molecule has 44 heavy (non-hydrogen) atoms. The van der Waals surface area contributed by atoms with Gasteiger partial charge in [0.05, 0.1) is 16.5 Å². The Morgan fingerprint density at radius 2 is 1.70 bits per heavy atom. The van der Waals surface area contributed by atoms with Crippen LogP contribution < -0.4 is 5.56 Å². The van der Waals surface area contributed by atoms with Crippen LogP contribution in [0.5, 0.6) is 0 Å². The molecule has 2 aromatic carbocycles. The van der Waals surface area contributed by atoms with Crippen molar-refractivity contribution in [2.75, 3.05) is 19.3 Å². The summed E-state index contributed by atoms with van der Waals surface area (Å²) in [6, 6.07) is 11.5. The summed E-state index contributed by atoms with van der Waals surface area (Å²) in [6.07, 6.45) is 4.27. The third-order valence-corrected chi connectivity index (χ3v) is 9.96. The Morgan fingerprint density at radius 1 is 1.02 bits per heavy atom. The quantitative estimate of drug-likeness (QED) is 0.273. The van der Waals surface area contributed by atoms with Crippen molar-refractivity contribution in [2.24, 2.45) is 0 Å². The van der Waals surface area contributed by atoms with E-state index in [1.807, 2.05) is 6.08 Å². The summed E-state index contributed by atoms with van der Waals surface area (Å²) in [5.74, 6) is -3.36. The lowest BCUT2D eigenvalue weighted by molar-refractivity contribution is 0.0654. The highest BCUT2D eigenvalue weighted by molar-refractivity contribution is 7.91. The predicted octanol–water partition coefficient (Wildman–Crippen LogP) is 5.64. The predicted molar refractivity (Wildman–Crippen MR) is 161 cm³/mol. The van der Waals surface area contributed by atoms with E-state index in [2.05, 4.69) is 4.98 Å². The van der Waals surface area contributed by atoms with Crippen LogP contribution in [0.2, 0.25) is 5.02 Å². The molecule has 1 saturated heterocycles. The molecule has 0 spiro atoms. The smallest absolute Gasteiger partial charge is 0.274 e. The molecule has 12 heteroatoms. The van der Waals surface area contributed by atoms with Gasteiger partial charge in [-0.05, 0) is 66.4 Å². The summed E-state index contributed by atoms with van der Waals surface area (Å²) in [6.45, 7) is 3.04. The zero-order chi connectivity index (χ0) is 31.7. The highest BCUT2D eigenvalue weighted by atomic mass is 35.5. The van der Waals surface area contributed by atoms with Gasteiger partial charge in [0.15, 0.2) is 15.7 Å². The van der Waals surface area contributed by atoms with E-state index in [9.17, 15) is 22.4 Å². The van der Waals surface area contributed by atoms with E-state index in [1.54, 1.807) is 32.0 Å². The van der Waals surface area contributed by atoms with E-state index in [4.69, 9.17) is 11.6 Å². The first-order valence-electron chi connectivity index (χ1n) is 13.6. The molecule has 6 rings (SSSR count). The number of allylic oxidation sites excluding steroid dienone is 2. The van der Waals surface area contributed by atoms with Crippen LogP contribution in [-0.2, 0) is 9.84 Å². The molecule has 0 bridgehead atoms. The maximum Gasteiger partial charge on any atom is 0.274 e. The molecular formula is C32H25ClF3N3O4S. The Labute approximate surface area is 256 Å². The fraction of sp³-hybridized carbons (Fsp3) is 0.219. The van der Waals surface area contributed by atoms with Crippen molar-refractivity contribution >= 4 is 32.9 Å². The lowest BCUT2D eigenvalue weighted by atomic mass is 10.0. The summed E-state index contributed by atoms with van der Waals surface area (Å²) in [5.41, 5.74) is 0.954. The number of aryl methyl sites for hydroxylation is 2. The van der Waals surface area contributed by atoms with Crippen LogP contribution in [0.25, 0.3) is 22.5 Å². The van der Waals surface area contributed by atoms with Crippen molar-refractivity contribution < 1.29 is 26.4 Å². The van der Waals surface area contributed by atoms with Gasteiger partial charge in [-0.25, -0.2) is 21.6 Å². The van der Waals surface area contributed by atoms with Crippen LogP contribution in [0, 0.1) is 31.3 Å². The minimum atomic E-state index is -3.35. The number of rotatable bonds is 6. The van der Waals surface area contributed by atoms with Crippen LogP contribution in [0.3, 0.4) is 0 Å². The van der Waals surface area contributed by atoms with Crippen LogP contribution >= 0.6 is 11.6 Å². The van der Waals surface area contributed by atoms with E-state index in [0.717, 1.165) is 22.0 Å². The number of carbonyl (C=O) groups is 1. The summed E-state index contributed by atoms with van der Waals surface area (Å²) in [4.78, 5) is 31.9. The summed E-state index contributed by atoms with van der Waals surface area (Å²) < 4.78 is 70.0. The second-order valence-electron chi connectivity index (χ2n) is 11.1. The molecule has 7 nitrogen and oxygen atoms in total. The molecule has 4 aromatic rings. The fourth-order valence-corrected chi connectivity index (χ4v) is 6.66. The molecule has 0 N–H and O–H groups in total. The number of hydrogen-bond donors (Lipinski definition) is 0. The molecule has 0 unspecified atom stereocenters. The van der Waals surface area contributed by atoms with Gasteiger partial charge < -0.3 is 4.90 Å². The number of pyridine rings is 2. The largest absolute Gasteiger partial charge is 0.336 e. The molecular weight excluding hydrogens is 615 g/mol. The number of hydrogen-bond acceptors (Lipinski definition) is 5. The molecule has 1 aliphatic heterocycles. The van der Waals surface area contributed by atoms with E-state index >= 15 is 8.78 Å². The van der Waals surface area contributed by atoms with E-state index in [0.29, 0.717) is 11.3 Å². The molecule has 1 amide bonds. The number of likely N-dealkylation sites (tertiary alicyclic amines) is 1. The van der Waals surface area contributed by atoms with E-state index in [-0.39, 0.29) is 52.2 Å². The van der Waals surface area contributed by atoms with E-state index in [1.165, 1.54) is 41.4 Å². The molecule has 2 aliphatic rings. The van der Waals surface area contributed by atoms with Crippen molar-refractivity contribution in [3.05, 3.63) is 122 Å². The Hall–Kier alpha value is -4.22. The summed E-state index contributed by atoms with van der Waals surface area (Å²) in [5, 5.41) is -0.840. The fourth-order valence-electron chi connectivity index (χ4n) is 5.50. The van der Waals surface area contributed by atoms with Gasteiger partial charge in [0.25, 0.3) is 11.5 Å². The second-order valence-corrected chi connectivity index (χ2v) is 13.8. The normalized spacial score (nSPS) is 16.5. The van der Waals surface area contributed by atoms with E-state index < -0.39 is 43.9 Å². The zero-order valence-corrected chi connectivity index (χ0v) is 25.3. The van der Waals surface area contributed by atoms with Gasteiger partial charge in [-0.3, -0.25) is 19.1 Å². The van der Waals surface area contributed by atoms with Crippen LogP contribution in [0.1, 0.15) is 38.7 Å². The van der Waals surface area contributed by atoms with Crippen molar-refractivity contribution in [3.8, 4) is 16.9 Å². The number of nitrogens with zero attached hydrogens (tertiary/aromatic N) is 3. The highest BCUT2D eigenvalue weighted by Crippen LogP contribution is 2.48. The third-order valence-electron chi connectivity index (χ3n) is 8.07. The first-order chi connectivity index (χ1) is 20.8. The van der Waals surface area contributed by atoms with Crippen molar-refractivity contribution in [3.63, 3.8) is 0 Å². The summed E-state index contributed by atoms with van der Waals surface area (Å²) in [7, 11) is -3.35. The van der Waals surface area contributed by atoms with Gasteiger partial charge in [0.2, 0.25) is 0 Å². The van der Waals surface area contributed by atoms with Crippen molar-refractivity contribution in [1.82, 2.24) is 14.5 Å². The Balaban J connectivity index is 1.36. The first-order valence-corrected chi connectivity index (χ1v) is 15.9. The maximum absolute atomic E-state index is 16.3. The minimum Gasteiger partial charge on any atom is -0.336 e. The molecule has 0 saturated carbocycles. The molecule has 226 valence electrons. The molecule has 0 radical (unpaired) electrons. The van der Waals surface area contributed by atoms with Crippen LogP contribution in [-0.4, -0.2) is 53.4 Å². The van der Waals surface area contributed by atoms with Crippen LogP contribution in [0.4, 0.5) is 13.2 Å². The molecule has 1 atom stereocenters. The number of sulfone groups is 1. The van der Waals surface area contributed by atoms with Crippen molar-refractivity contribution in [1.29, 1.82) is 0 Å². The molecule has 1 fully saturated rings. The number of aromatic nitrogens is 2. The number of carbonyl (C=O) groups excluding carboxylic acids is 1. The second kappa shape index (κ2) is 10.7. The number of halogens is 4. The lowest BCUT2D eigenvalue weighted by Gasteiger charge is -2.38. The number of amides is 1. The van der Waals surface area contributed by atoms with Gasteiger partial charge >= 0.3 is 0 Å². The van der Waals surface area contributed by atoms with Gasteiger partial charge in [-0.2, -0.15) is 0 Å². The SMILES string of the molecule is Cc1cnc(-c2cccc(C(=O)N3CC(S(C)(=O)=O)C3)c2F)c(F)c1-n1c(C)cc([C@H]2C=C2c2ccc(F)cc2)c(Cl)c1=O. The minimum absolute atomic E-state index is 0.0661. The monoisotopic (exact) mass is 639 g/mol. The average molecular weight is 640 g/mol. The van der Waals surface area contributed by atoms with Gasteiger partial charge in [-0.1, -0.05) is 35.9 Å². The molecule has 1 aliphatic carbocycles. The lowest BCUT2D eigenvalue weighted by Crippen LogP contribution is -2.56. The Morgan fingerprint density at radius 3 is 2.36 bits per heavy atom. The third kappa shape index (κ3) is 5.03. The average Bonchev–Trinajstić information content (AvgIpc) is 3.72. The maximum atomic E-state index is 16.3. The van der Waals surface area contributed by atoms with Crippen LogP contribution in [0.15, 0.2) is 65.6 Å². The Kier molecular flexibility index (Phi) is 7.28. The summed E-state index contributed by atoms with van der Waals surface area (Å²) >= 11 is 6.56. The van der Waals surface area contributed by atoms with Crippen molar-refractivity contribution in [2.45, 2.75) is 25.0 Å². The standard InChI is InChI=1S/C32H25ClF3N3O4S/c1-16-13-37-29(21-5-4-6-22(27(21)35)31(40)38-14-20(15-38)44(3,42)43)28(36)30(16)39-17(2)11-25(26(33)32(39)41)24-12-23(24)18-7-9-19(34)10-8-18/h4-13,20,24H,14-15H2,1-3H3/t24-/m0/s1. The topological polar surface area (TPSA) is 89.3 Å². The van der Waals surface area contributed by atoms with Gasteiger partial charge in [-0.15, -0.1) is 0 Å². The van der Waals surface area contributed by atoms with Gasteiger partial charge in [0.1, 0.15) is 22.4 Å². The Bertz CT molecular complexity index is 2070.